The van der Waals surface area contributed by atoms with E-state index in [-0.39, 0.29) is 0 Å². The monoisotopic (exact) mass is 218 g/mol. The summed E-state index contributed by atoms with van der Waals surface area (Å²) in [6, 6.07) is 0. The number of carbonyl (C=O) groups is 2. The lowest BCUT2D eigenvalue weighted by atomic mass is 10.1. The van der Waals surface area contributed by atoms with E-state index in [4.69, 9.17) is 4.74 Å². The van der Waals surface area contributed by atoms with E-state index in [0.717, 1.165) is 6.92 Å². The van der Waals surface area contributed by atoms with Crippen LogP contribution in [0.15, 0.2) is 0 Å². The third-order valence-electron chi connectivity index (χ3n) is 2.32. The number of carbonyl (C=O) groups excluding carboxylic acids is 2. The van der Waals surface area contributed by atoms with E-state index in [9.17, 15) is 19.8 Å². The smallest absolute Gasteiger partial charge is 0.338 e. The average molecular weight is 218 g/mol. The Morgan fingerprint density at radius 2 is 2.07 bits per heavy atom. The van der Waals surface area contributed by atoms with Crippen LogP contribution in [0, 0.1) is 0 Å². The largest absolute Gasteiger partial charge is 0.454 e. The summed E-state index contributed by atoms with van der Waals surface area (Å²) in [5.41, 5.74) is 0. The molecule has 0 aromatic rings. The van der Waals surface area contributed by atoms with Crippen LogP contribution in [0.5, 0.6) is 0 Å². The maximum absolute atomic E-state index is 10.9. The van der Waals surface area contributed by atoms with Crippen LogP contribution in [0.25, 0.3) is 0 Å². The molecule has 2 heterocycles. The number of hydrogen-bond acceptors (Lipinski definition) is 7. The Hall–Kier alpha value is -1.18. The minimum absolute atomic E-state index is 0.625. The van der Waals surface area contributed by atoms with Crippen LogP contribution in [0.2, 0.25) is 0 Å². The van der Waals surface area contributed by atoms with Gasteiger partial charge in [0.05, 0.1) is 0 Å². The molecule has 2 rings (SSSR count). The summed E-state index contributed by atoms with van der Waals surface area (Å²) in [4.78, 5) is 21.5. The molecule has 0 aromatic carbocycles. The first-order valence-electron chi connectivity index (χ1n) is 4.40. The molecule has 2 aliphatic heterocycles. The summed E-state index contributed by atoms with van der Waals surface area (Å²) < 4.78 is 14.3. The van der Waals surface area contributed by atoms with E-state index in [0.29, 0.717) is 0 Å². The molecule has 2 aliphatic rings. The average Bonchev–Trinajstić information content (AvgIpc) is 2.57. The minimum atomic E-state index is -1.44. The quantitative estimate of drug-likeness (QED) is 0.487. The number of aliphatic hydroxyl groups is 2. The highest BCUT2D eigenvalue weighted by Crippen LogP contribution is 2.32. The molecule has 0 aromatic heterocycles. The molecule has 84 valence electrons. The topological polar surface area (TPSA) is 102 Å². The second-order valence-corrected chi connectivity index (χ2v) is 3.42. The van der Waals surface area contributed by atoms with Crippen LogP contribution < -0.4 is 0 Å². The van der Waals surface area contributed by atoms with Crippen LogP contribution in [0.4, 0.5) is 0 Å². The van der Waals surface area contributed by atoms with E-state index in [1.807, 2.05) is 0 Å². The van der Waals surface area contributed by atoms with Gasteiger partial charge in [-0.25, -0.2) is 4.79 Å². The van der Waals surface area contributed by atoms with Crippen LogP contribution >= 0.6 is 0 Å². The summed E-state index contributed by atoms with van der Waals surface area (Å²) in [6.45, 7) is 1.16. The third-order valence-corrected chi connectivity index (χ3v) is 2.32. The molecule has 7 heteroatoms. The predicted octanol–water partition coefficient (Wildman–Crippen LogP) is -2.08. The van der Waals surface area contributed by atoms with Crippen molar-refractivity contribution in [3.63, 3.8) is 0 Å². The van der Waals surface area contributed by atoms with Crippen molar-refractivity contribution in [3.8, 4) is 0 Å². The fraction of sp³-hybridized carbons (Fsp3) is 0.750. The van der Waals surface area contributed by atoms with Crippen LogP contribution in [-0.2, 0) is 23.8 Å². The summed E-state index contributed by atoms with van der Waals surface area (Å²) in [7, 11) is 0. The molecule has 0 saturated carbocycles. The number of rotatable bonds is 1. The van der Waals surface area contributed by atoms with Gasteiger partial charge in [-0.05, 0) is 0 Å². The molecule has 5 atom stereocenters. The van der Waals surface area contributed by atoms with Gasteiger partial charge in [-0.15, -0.1) is 0 Å². The molecule has 0 bridgehead atoms. The zero-order valence-corrected chi connectivity index (χ0v) is 7.82. The molecule has 2 fully saturated rings. The minimum Gasteiger partial charge on any atom is -0.454 e. The van der Waals surface area contributed by atoms with Gasteiger partial charge >= 0.3 is 11.9 Å². The highest BCUT2D eigenvalue weighted by Gasteiger charge is 2.57. The third kappa shape index (κ3) is 1.58. The number of hydrogen-bond donors (Lipinski definition) is 2. The molecule has 0 aliphatic carbocycles. The van der Waals surface area contributed by atoms with Crippen LogP contribution in [-0.4, -0.2) is 52.9 Å². The molecular weight excluding hydrogens is 208 g/mol. The highest BCUT2D eigenvalue weighted by molar-refractivity contribution is 5.78. The number of ether oxygens (including phenoxy) is 3. The van der Waals surface area contributed by atoms with Gasteiger partial charge in [-0.1, -0.05) is 0 Å². The SMILES string of the molecule is CC(=O)O[C@@H]1O[C@@H]2C(O)C(=O)O[C@@H]2[C@H]1O. The molecule has 15 heavy (non-hydrogen) atoms. The van der Waals surface area contributed by atoms with E-state index < -0.39 is 42.6 Å². The standard InChI is InChI=1S/C8H10O7/c1-2(9)13-8-4(11)6-5(15-8)3(10)7(12)14-6/h3-6,8,10-11H,1H3/t3?,4-,5-,6-,8-/m1/s1. The molecule has 7 nitrogen and oxygen atoms in total. The number of aliphatic hydroxyl groups excluding tert-OH is 2. The van der Waals surface area contributed by atoms with Crippen molar-refractivity contribution in [2.24, 2.45) is 0 Å². The van der Waals surface area contributed by atoms with Crippen molar-refractivity contribution in [2.75, 3.05) is 0 Å². The summed E-state index contributed by atoms with van der Waals surface area (Å²) in [5.74, 6) is -1.47. The van der Waals surface area contributed by atoms with E-state index in [1.54, 1.807) is 0 Å². The summed E-state index contributed by atoms with van der Waals surface area (Å²) in [5, 5.41) is 18.8. The maximum Gasteiger partial charge on any atom is 0.338 e. The van der Waals surface area contributed by atoms with Crippen molar-refractivity contribution >= 4 is 11.9 Å². The van der Waals surface area contributed by atoms with Crippen LogP contribution in [0.3, 0.4) is 0 Å². The Kier molecular flexibility index (Phi) is 2.37. The first-order chi connectivity index (χ1) is 7.00. The Labute approximate surface area is 84.5 Å². The second kappa shape index (κ2) is 3.44. The van der Waals surface area contributed by atoms with Gasteiger partial charge in [0.1, 0.15) is 6.10 Å². The molecule has 2 saturated heterocycles. The van der Waals surface area contributed by atoms with Crippen molar-refractivity contribution in [3.05, 3.63) is 0 Å². The summed E-state index contributed by atoms with van der Waals surface area (Å²) >= 11 is 0. The highest BCUT2D eigenvalue weighted by atomic mass is 16.7. The van der Waals surface area contributed by atoms with Crippen molar-refractivity contribution < 1.29 is 34.0 Å². The van der Waals surface area contributed by atoms with E-state index in [1.165, 1.54) is 0 Å². The van der Waals surface area contributed by atoms with Gasteiger partial charge in [0.2, 0.25) is 6.29 Å². The fourth-order valence-corrected chi connectivity index (χ4v) is 1.65. The van der Waals surface area contributed by atoms with Gasteiger partial charge in [0.15, 0.2) is 18.3 Å². The lowest BCUT2D eigenvalue weighted by Gasteiger charge is -2.16. The van der Waals surface area contributed by atoms with E-state index in [2.05, 4.69) is 9.47 Å². The Morgan fingerprint density at radius 1 is 1.40 bits per heavy atom. The van der Waals surface area contributed by atoms with Crippen molar-refractivity contribution in [2.45, 2.75) is 37.6 Å². The molecule has 0 spiro atoms. The summed E-state index contributed by atoms with van der Waals surface area (Å²) in [6.07, 6.45) is -5.85. The van der Waals surface area contributed by atoms with Gasteiger partial charge in [-0.2, -0.15) is 0 Å². The Bertz CT molecular complexity index is 301. The zero-order chi connectivity index (χ0) is 11.2. The van der Waals surface area contributed by atoms with Crippen LogP contribution in [0.1, 0.15) is 6.92 Å². The first kappa shape index (κ1) is 10.3. The van der Waals surface area contributed by atoms with Gasteiger partial charge in [0.25, 0.3) is 0 Å². The molecule has 1 unspecified atom stereocenters. The molecular formula is C8H10O7. The molecule has 0 radical (unpaired) electrons. The second-order valence-electron chi connectivity index (χ2n) is 3.42. The zero-order valence-electron chi connectivity index (χ0n) is 7.82. The van der Waals surface area contributed by atoms with Gasteiger partial charge < -0.3 is 24.4 Å². The molecule has 2 N–H and O–H groups in total. The van der Waals surface area contributed by atoms with Crippen molar-refractivity contribution in [1.29, 1.82) is 0 Å². The lowest BCUT2D eigenvalue weighted by Crippen LogP contribution is -2.34. The van der Waals surface area contributed by atoms with Gasteiger partial charge in [0, 0.05) is 6.92 Å². The van der Waals surface area contributed by atoms with Gasteiger partial charge in [-0.3, -0.25) is 4.79 Å². The maximum atomic E-state index is 10.9. The predicted molar refractivity (Wildman–Crippen MR) is 42.3 cm³/mol. The molecule has 0 amide bonds. The first-order valence-corrected chi connectivity index (χ1v) is 4.40. The number of esters is 2. The van der Waals surface area contributed by atoms with Crippen molar-refractivity contribution in [1.82, 2.24) is 0 Å². The lowest BCUT2D eigenvalue weighted by molar-refractivity contribution is -0.194. The Balaban J connectivity index is 2.08. The van der Waals surface area contributed by atoms with E-state index >= 15 is 0 Å². The number of fused-ring (bicyclic) bond motifs is 1. The normalized spacial score (nSPS) is 43.7. The fourth-order valence-electron chi connectivity index (χ4n) is 1.65. The Morgan fingerprint density at radius 3 is 2.60 bits per heavy atom.